The maximum atomic E-state index is 12.4. The Morgan fingerprint density at radius 1 is 1.26 bits per heavy atom. The van der Waals surface area contributed by atoms with Crippen molar-refractivity contribution in [1.29, 1.82) is 5.26 Å². The molecule has 0 amide bonds. The largest absolute Gasteiger partial charge is 0.493 e. The number of nitrogens with zero attached hydrogens (tertiary/aromatic N) is 1. The number of carbonyl (C=O) groups is 1. The van der Waals surface area contributed by atoms with Crippen LogP contribution in [0.25, 0.3) is 6.08 Å². The maximum Gasteiger partial charge on any atom is 0.203 e. The van der Waals surface area contributed by atoms with E-state index in [-0.39, 0.29) is 11.4 Å². The number of ketones is 1. The van der Waals surface area contributed by atoms with Crippen molar-refractivity contribution in [3.8, 4) is 11.8 Å². The lowest BCUT2D eigenvalue weighted by atomic mass is 10.0. The maximum absolute atomic E-state index is 12.4. The Balaban J connectivity index is 2.40. The molecule has 0 spiro atoms. The van der Waals surface area contributed by atoms with Gasteiger partial charge in [0, 0.05) is 15.6 Å². The van der Waals surface area contributed by atoms with Crippen LogP contribution in [0.2, 0.25) is 0 Å². The van der Waals surface area contributed by atoms with Crippen molar-refractivity contribution in [2.24, 2.45) is 0 Å². The molecule has 3 nitrogen and oxygen atoms in total. The molecule has 0 bridgehead atoms. The monoisotopic (exact) mass is 369 g/mol. The van der Waals surface area contributed by atoms with Gasteiger partial charge in [0.1, 0.15) is 17.4 Å². The van der Waals surface area contributed by atoms with E-state index in [1.54, 1.807) is 30.3 Å². The Kier molecular flexibility index (Phi) is 6.13. The van der Waals surface area contributed by atoms with Gasteiger partial charge in [-0.3, -0.25) is 4.79 Å². The van der Waals surface area contributed by atoms with E-state index in [4.69, 9.17) is 4.74 Å². The van der Waals surface area contributed by atoms with Crippen molar-refractivity contribution in [3.05, 3.63) is 69.7 Å². The zero-order valence-corrected chi connectivity index (χ0v) is 14.3. The fourth-order valence-electron chi connectivity index (χ4n) is 2.02. The van der Waals surface area contributed by atoms with Gasteiger partial charge in [-0.05, 0) is 30.7 Å². The molecule has 0 N–H and O–H groups in total. The zero-order valence-electron chi connectivity index (χ0n) is 12.8. The lowest BCUT2D eigenvalue weighted by Crippen LogP contribution is -2.02. The SMILES string of the molecule is CCCOc1ccc(Br)cc1/C=C(\C#N)C(=O)c1ccccc1. The molecule has 23 heavy (non-hydrogen) atoms. The minimum Gasteiger partial charge on any atom is -0.493 e. The first-order valence-electron chi connectivity index (χ1n) is 7.29. The fraction of sp³-hybridized carbons (Fsp3) is 0.158. The van der Waals surface area contributed by atoms with Gasteiger partial charge in [0.05, 0.1) is 6.61 Å². The first-order chi connectivity index (χ1) is 11.2. The smallest absolute Gasteiger partial charge is 0.203 e. The van der Waals surface area contributed by atoms with E-state index in [1.807, 2.05) is 37.3 Å². The number of halogens is 1. The molecule has 0 unspecified atom stereocenters. The van der Waals surface area contributed by atoms with Crippen molar-refractivity contribution in [3.63, 3.8) is 0 Å². The predicted molar refractivity (Wildman–Crippen MR) is 94.3 cm³/mol. The normalized spacial score (nSPS) is 10.9. The second kappa shape index (κ2) is 8.30. The number of benzene rings is 2. The van der Waals surface area contributed by atoms with E-state index in [0.29, 0.717) is 23.5 Å². The summed E-state index contributed by atoms with van der Waals surface area (Å²) in [7, 11) is 0. The summed E-state index contributed by atoms with van der Waals surface area (Å²) in [6, 6.07) is 16.3. The van der Waals surface area contributed by atoms with Gasteiger partial charge in [-0.1, -0.05) is 53.2 Å². The molecule has 0 aliphatic carbocycles. The third kappa shape index (κ3) is 4.54. The van der Waals surface area contributed by atoms with Crippen LogP contribution in [-0.4, -0.2) is 12.4 Å². The Morgan fingerprint density at radius 2 is 2.00 bits per heavy atom. The molecule has 116 valence electrons. The lowest BCUT2D eigenvalue weighted by Gasteiger charge is -2.09. The van der Waals surface area contributed by atoms with Crippen LogP contribution in [0.4, 0.5) is 0 Å². The highest BCUT2D eigenvalue weighted by Gasteiger charge is 2.13. The average Bonchev–Trinajstić information content (AvgIpc) is 2.59. The molecule has 0 aliphatic heterocycles. The second-order valence-electron chi connectivity index (χ2n) is 4.90. The van der Waals surface area contributed by atoms with Gasteiger partial charge >= 0.3 is 0 Å². The molecule has 0 saturated heterocycles. The first kappa shape index (κ1) is 17.0. The van der Waals surface area contributed by atoms with E-state index in [9.17, 15) is 10.1 Å². The van der Waals surface area contributed by atoms with Crippen molar-refractivity contribution < 1.29 is 9.53 Å². The summed E-state index contributed by atoms with van der Waals surface area (Å²) >= 11 is 3.41. The molecule has 2 rings (SSSR count). The number of nitriles is 1. The predicted octanol–water partition coefficient (Wildman–Crippen LogP) is 5.03. The molecule has 0 saturated carbocycles. The molecule has 0 radical (unpaired) electrons. The van der Waals surface area contributed by atoms with Crippen molar-refractivity contribution >= 4 is 27.8 Å². The van der Waals surface area contributed by atoms with Crippen molar-refractivity contribution in [1.82, 2.24) is 0 Å². The van der Waals surface area contributed by atoms with E-state index in [2.05, 4.69) is 15.9 Å². The summed E-state index contributed by atoms with van der Waals surface area (Å²) in [6.45, 7) is 2.60. The lowest BCUT2D eigenvalue weighted by molar-refractivity contribution is 0.104. The molecule has 0 atom stereocenters. The van der Waals surface area contributed by atoms with Gasteiger partial charge in [-0.25, -0.2) is 0 Å². The van der Waals surface area contributed by atoms with Crippen LogP contribution in [0.15, 0.2) is 58.6 Å². The molecular weight excluding hydrogens is 354 g/mol. The third-order valence-electron chi connectivity index (χ3n) is 3.13. The van der Waals surface area contributed by atoms with E-state index in [0.717, 1.165) is 10.9 Å². The molecule has 0 heterocycles. The Labute approximate surface area is 144 Å². The number of carbonyl (C=O) groups excluding carboxylic acids is 1. The first-order valence-corrected chi connectivity index (χ1v) is 8.09. The van der Waals surface area contributed by atoms with Crippen LogP contribution in [-0.2, 0) is 0 Å². The van der Waals surface area contributed by atoms with Gasteiger partial charge in [-0.2, -0.15) is 5.26 Å². The minimum absolute atomic E-state index is 0.0793. The number of rotatable bonds is 6. The van der Waals surface area contributed by atoms with Gasteiger partial charge < -0.3 is 4.74 Å². The number of hydrogen-bond donors (Lipinski definition) is 0. The fourth-order valence-corrected chi connectivity index (χ4v) is 2.40. The van der Waals surface area contributed by atoms with Gasteiger partial charge in [-0.15, -0.1) is 0 Å². The van der Waals surface area contributed by atoms with E-state index in [1.165, 1.54) is 0 Å². The van der Waals surface area contributed by atoms with E-state index >= 15 is 0 Å². The molecule has 4 heteroatoms. The number of hydrogen-bond acceptors (Lipinski definition) is 3. The van der Waals surface area contributed by atoms with Gasteiger partial charge in [0.15, 0.2) is 0 Å². The van der Waals surface area contributed by atoms with Crippen LogP contribution in [0.3, 0.4) is 0 Å². The van der Waals surface area contributed by atoms with Crippen LogP contribution >= 0.6 is 15.9 Å². The van der Waals surface area contributed by atoms with Crippen molar-refractivity contribution in [2.45, 2.75) is 13.3 Å². The Morgan fingerprint density at radius 3 is 2.65 bits per heavy atom. The van der Waals surface area contributed by atoms with Gasteiger partial charge in [0.2, 0.25) is 5.78 Å². The number of allylic oxidation sites excluding steroid dienone is 1. The second-order valence-corrected chi connectivity index (χ2v) is 5.81. The number of ether oxygens (including phenoxy) is 1. The zero-order chi connectivity index (χ0) is 16.7. The summed E-state index contributed by atoms with van der Waals surface area (Å²) in [5, 5.41) is 9.36. The van der Waals surface area contributed by atoms with E-state index < -0.39 is 0 Å². The van der Waals surface area contributed by atoms with Crippen LogP contribution in [0, 0.1) is 11.3 Å². The molecule has 2 aromatic rings. The molecular formula is C19H16BrNO2. The molecule has 0 aromatic heterocycles. The summed E-state index contributed by atoms with van der Waals surface area (Å²) in [5.41, 5.74) is 1.27. The molecule has 0 aliphatic rings. The third-order valence-corrected chi connectivity index (χ3v) is 3.63. The molecule has 0 fully saturated rings. The number of Topliss-reactive ketones (excluding diaryl/α,β-unsaturated/α-hetero) is 1. The highest BCUT2D eigenvalue weighted by atomic mass is 79.9. The topological polar surface area (TPSA) is 50.1 Å². The minimum atomic E-state index is -0.297. The summed E-state index contributed by atoms with van der Waals surface area (Å²) in [5.74, 6) is 0.359. The summed E-state index contributed by atoms with van der Waals surface area (Å²) in [6.07, 6.45) is 2.46. The van der Waals surface area contributed by atoms with Crippen molar-refractivity contribution in [2.75, 3.05) is 6.61 Å². The highest BCUT2D eigenvalue weighted by Crippen LogP contribution is 2.26. The van der Waals surface area contributed by atoms with Gasteiger partial charge in [0.25, 0.3) is 0 Å². The average molecular weight is 370 g/mol. The Hall–Kier alpha value is -2.38. The standard InChI is InChI=1S/C19H16BrNO2/c1-2-10-23-18-9-8-17(20)12-15(18)11-16(13-21)19(22)14-6-4-3-5-7-14/h3-9,11-12H,2,10H2,1H3/b16-11+. The summed E-state index contributed by atoms with van der Waals surface area (Å²) < 4.78 is 6.54. The quantitative estimate of drug-likeness (QED) is 0.407. The van der Waals surface area contributed by atoms with Crippen LogP contribution in [0.5, 0.6) is 5.75 Å². The Bertz CT molecular complexity index is 761. The van der Waals surface area contributed by atoms with Crippen LogP contribution in [0.1, 0.15) is 29.3 Å². The summed E-state index contributed by atoms with van der Waals surface area (Å²) in [4.78, 5) is 12.4. The van der Waals surface area contributed by atoms with Crippen LogP contribution < -0.4 is 4.74 Å². The highest BCUT2D eigenvalue weighted by molar-refractivity contribution is 9.10. The molecule has 2 aromatic carbocycles.